The molecule has 1 N–H and O–H groups in total. The highest BCUT2D eigenvalue weighted by Gasteiger charge is 2.17. The van der Waals surface area contributed by atoms with Crippen LogP contribution in [-0.2, 0) is 6.54 Å². The number of hydrogen-bond acceptors (Lipinski definition) is 2. The van der Waals surface area contributed by atoms with Gasteiger partial charge in [-0.15, -0.1) is 0 Å². The SMILES string of the molecule is CN(Cc1ccccc1Br)C(=O)Nc1ccc(C(=O)N2CCCCCC2)cc1. The Balaban J connectivity index is 1.58. The zero-order valence-electron chi connectivity index (χ0n) is 16.2. The molecule has 0 saturated carbocycles. The molecule has 148 valence electrons. The van der Waals surface area contributed by atoms with Gasteiger partial charge in [0.2, 0.25) is 0 Å². The summed E-state index contributed by atoms with van der Waals surface area (Å²) in [6.45, 7) is 2.16. The maximum absolute atomic E-state index is 12.7. The topological polar surface area (TPSA) is 52.7 Å². The number of hydrogen-bond donors (Lipinski definition) is 1. The molecule has 1 fully saturated rings. The summed E-state index contributed by atoms with van der Waals surface area (Å²) in [7, 11) is 1.76. The molecule has 6 heteroatoms. The van der Waals surface area contributed by atoms with Crippen molar-refractivity contribution >= 4 is 33.6 Å². The van der Waals surface area contributed by atoms with Crippen LogP contribution in [0.25, 0.3) is 0 Å². The first-order valence-corrected chi connectivity index (χ1v) is 10.5. The van der Waals surface area contributed by atoms with Crippen molar-refractivity contribution in [3.8, 4) is 0 Å². The Labute approximate surface area is 174 Å². The molecule has 0 aromatic heterocycles. The van der Waals surface area contributed by atoms with Crippen molar-refractivity contribution < 1.29 is 9.59 Å². The maximum atomic E-state index is 12.7. The first-order valence-electron chi connectivity index (χ1n) is 9.69. The third kappa shape index (κ3) is 5.35. The molecule has 1 saturated heterocycles. The summed E-state index contributed by atoms with van der Waals surface area (Å²) in [5, 5.41) is 2.88. The summed E-state index contributed by atoms with van der Waals surface area (Å²) < 4.78 is 0.978. The smallest absolute Gasteiger partial charge is 0.321 e. The molecule has 2 aromatic carbocycles. The van der Waals surface area contributed by atoms with Crippen molar-refractivity contribution in [2.45, 2.75) is 32.2 Å². The average Bonchev–Trinajstić information content (AvgIpc) is 2.99. The van der Waals surface area contributed by atoms with E-state index in [1.54, 1.807) is 36.2 Å². The lowest BCUT2D eigenvalue weighted by Crippen LogP contribution is -2.32. The van der Waals surface area contributed by atoms with Crippen molar-refractivity contribution in [2.75, 3.05) is 25.5 Å². The van der Waals surface area contributed by atoms with Crippen LogP contribution in [0.3, 0.4) is 0 Å². The van der Waals surface area contributed by atoms with Crippen molar-refractivity contribution in [3.05, 3.63) is 64.1 Å². The summed E-state index contributed by atoms with van der Waals surface area (Å²) in [6, 6.07) is 14.8. The summed E-state index contributed by atoms with van der Waals surface area (Å²) in [5.41, 5.74) is 2.39. The largest absolute Gasteiger partial charge is 0.339 e. The van der Waals surface area contributed by atoms with Crippen LogP contribution < -0.4 is 5.32 Å². The summed E-state index contributed by atoms with van der Waals surface area (Å²) in [6.07, 6.45) is 4.54. The summed E-state index contributed by atoms with van der Waals surface area (Å²) in [5.74, 6) is 0.0748. The Bertz CT molecular complexity index is 815. The van der Waals surface area contributed by atoms with E-state index in [9.17, 15) is 9.59 Å². The first-order chi connectivity index (χ1) is 13.5. The molecule has 0 bridgehead atoms. The number of carbonyl (C=O) groups is 2. The Morgan fingerprint density at radius 3 is 2.29 bits per heavy atom. The third-order valence-corrected chi connectivity index (χ3v) is 5.76. The lowest BCUT2D eigenvalue weighted by Gasteiger charge is -2.21. The first kappa shape index (κ1) is 20.4. The number of carbonyl (C=O) groups excluding carboxylic acids is 2. The van der Waals surface area contributed by atoms with Crippen molar-refractivity contribution in [3.63, 3.8) is 0 Å². The van der Waals surface area contributed by atoms with Gasteiger partial charge >= 0.3 is 6.03 Å². The minimum Gasteiger partial charge on any atom is -0.339 e. The number of benzene rings is 2. The zero-order chi connectivity index (χ0) is 19.9. The lowest BCUT2D eigenvalue weighted by molar-refractivity contribution is 0.0761. The highest BCUT2D eigenvalue weighted by molar-refractivity contribution is 9.10. The molecule has 3 amide bonds. The zero-order valence-corrected chi connectivity index (χ0v) is 17.7. The molecular formula is C22H26BrN3O2. The molecule has 28 heavy (non-hydrogen) atoms. The van der Waals surface area contributed by atoms with Gasteiger partial charge in [-0.05, 0) is 48.7 Å². The van der Waals surface area contributed by atoms with Crippen molar-refractivity contribution in [1.82, 2.24) is 9.80 Å². The van der Waals surface area contributed by atoms with Crippen LogP contribution in [0.5, 0.6) is 0 Å². The van der Waals surface area contributed by atoms with E-state index in [-0.39, 0.29) is 11.9 Å². The molecule has 0 aliphatic carbocycles. The average molecular weight is 444 g/mol. The van der Waals surface area contributed by atoms with Gasteiger partial charge in [0.25, 0.3) is 5.91 Å². The normalized spacial score (nSPS) is 14.3. The molecule has 5 nitrogen and oxygen atoms in total. The second-order valence-corrected chi connectivity index (χ2v) is 8.02. The molecule has 1 heterocycles. The second-order valence-electron chi connectivity index (χ2n) is 7.16. The lowest BCUT2D eigenvalue weighted by atomic mass is 10.1. The van der Waals surface area contributed by atoms with E-state index in [0.717, 1.165) is 36.0 Å². The number of halogens is 1. The van der Waals surface area contributed by atoms with Gasteiger partial charge < -0.3 is 15.1 Å². The highest BCUT2D eigenvalue weighted by atomic mass is 79.9. The Kier molecular flexibility index (Phi) is 7.09. The number of rotatable bonds is 4. The van der Waals surface area contributed by atoms with Gasteiger partial charge in [-0.2, -0.15) is 0 Å². The van der Waals surface area contributed by atoms with Gasteiger partial charge in [-0.3, -0.25) is 4.79 Å². The Morgan fingerprint density at radius 1 is 1.00 bits per heavy atom. The quantitative estimate of drug-likeness (QED) is 0.711. The maximum Gasteiger partial charge on any atom is 0.321 e. The van der Waals surface area contributed by atoms with Gasteiger partial charge in [0.15, 0.2) is 0 Å². The van der Waals surface area contributed by atoms with Crippen LogP contribution in [0.15, 0.2) is 53.0 Å². The number of amides is 3. The summed E-state index contributed by atoms with van der Waals surface area (Å²) >= 11 is 3.51. The fourth-order valence-electron chi connectivity index (χ4n) is 3.33. The van der Waals surface area contributed by atoms with Crippen LogP contribution in [0.2, 0.25) is 0 Å². The predicted molar refractivity (Wildman–Crippen MR) is 115 cm³/mol. The number of anilines is 1. The standard InChI is InChI=1S/C22H26BrN3O2/c1-25(16-18-8-4-5-9-20(18)23)22(28)24-19-12-10-17(11-13-19)21(27)26-14-6-2-3-7-15-26/h4-5,8-13H,2-3,6-7,14-16H2,1H3,(H,24,28). The monoisotopic (exact) mass is 443 g/mol. The third-order valence-electron chi connectivity index (χ3n) is 4.99. The van der Waals surface area contributed by atoms with Crippen LogP contribution in [0.1, 0.15) is 41.6 Å². The highest BCUT2D eigenvalue weighted by Crippen LogP contribution is 2.19. The Morgan fingerprint density at radius 2 is 1.64 bits per heavy atom. The molecule has 0 radical (unpaired) electrons. The van der Waals surface area contributed by atoms with E-state index in [0.29, 0.717) is 17.8 Å². The van der Waals surface area contributed by atoms with E-state index < -0.39 is 0 Å². The van der Waals surface area contributed by atoms with Gasteiger partial charge in [0.1, 0.15) is 0 Å². The molecule has 0 atom stereocenters. The van der Waals surface area contributed by atoms with E-state index in [4.69, 9.17) is 0 Å². The fourth-order valence-corrected chi connectivity index (χ4v) is 3.74. The molecule has 1 aliphatic heterocycles. The van der Waals surface area contributed by atoms with Crippen LogP contribution >= 0.6 is 15.9 Å². The molecule has 2 aromatic rings. The molecule has 3 rings (SSSR count). The number of likely N-dealkylation sites (tertiary alicyclic amines) is 1. The van der Waals surface area contributed by atoms with E-state index in [1.165, 1.54) is 12.8 Å². The minimum absolute atomic E-state index is 0.0748. The molecular weight excluding hydrogens is 418 g/mol. The van der Waals surface area contributed by atoms with Crippen LogP contribution in [-0.4, -0.2) is 41.9 Å². The van der Waals surface area contributed by atoms with Crippen molar-refractivity contribution in [2.24, 2.45) is 0 Å². The van der Waals surface area contributed by atoms with E-state index in [1.807, 2.05) is 29.2 Å². The molecule has 0 spiro atoms. The minimum atomic E-state index is -0.192. The fraction of sp³-hybridized carbons (Fsp3) is 0.364. The van der Waals surface area contributed by atoms with Gasteiger partial charge in [0, 0.05) is 42.4 Å². The molecule has 1 aliphatic rings. The summed E-state index contributed by atoms with van der Waals surface area (Å²) in [4.78, 5) is 28.7. The Hall–Kier alpha value is -2.34. The van der Waals surface area contributed by atoms with E-state index in [2.05, 4.69) is 21.2 Å². The number of nitrogens with one attached hydrogen (secondary N) is 1. The predicted octanol–water partition coefficient (Wildman–Crippen LogP) is 5.13. The van der Waals surface area contributed by atoms with Crippen LogP contribution in [0, 0.1) is 0 Å². The second kappa shape index (κ2) is 9.73. The van der Waals surface area contributed by atoms with Gasteiger partial charge in [-0.25, -0.2) is 4.79 Å². The van der Waals surface area contributed by atoms with Gasteiger partial charge in [-0.1, -0.05) is 47.0 Å². The number of nitrogens with zero attached hydrogens (tertiary/aromatic N) is 2. The van der Waals surface area contributed by atoms with Crippen LogP contribution in [0.4, 0.5) is 10.5 Å². The number of urea groups is 1. The van der Waals surface area contributed by atoms with E-state index >= 15 is 0 Å². The van der Waals surface area contributed by atoms with Crippen molar-refractivity contribution in [1.29, 1.82) is 0 Å². The van der Waals surface area contributed by atoms with Gasteiger partial charge in [0.05, 0.1) is 0 Å². The molecule has 0 unspecified atom stereocenters.